The summed E-state index contributed by atoms with van der Waals surface area (Å²) in [7, 11) is 0. The summed E-state index contributed by atoms with van der Waals surface area (Å²) in [6.45, 7) is -1.56. The Labute approximate surface area is 166 Å². The number of rotatable bonds is 7. The lowest BCUT2D eigenvalue weighted by Gasteiger charge is -2.19. The average molecular weight is 412 g/mol. The van der Waals surface area contributed by atoms with Gasteiger partial charge in [-0.15, -0.1) is 0 Å². The van der Waals surface area contributed by atoms with Gasteiger partial charge in [-0.05, 0) is 24.0 Å². The molecule has 1 heterocycles. The molecule has 0 spiro atoms. The quantitative estimate of drug-likeness (QED) is 0.699. The molecule has 1 saturated heterocycles. The number of carbonyl (C=O) groups is 3. The first-order valence-corrected chi connectivity index (χ1v) is 9.59. The van der Waals surface area contributed by atoms with E-state index < -0.39 is 18.7 Å². The van der Waals surface area contributed by atoms with Crippen molar-refractivity contribution in [1.29, 1.82) is 0 Å². The van der Waals surface area contributed by atoms with E-state index in [-0.39, 0.29) is 43.3 Å². The van der Waals surface area contributed by atoms with E-state index in [0.29, 0.717) is 18.4 Å². The van der Waals surface area contributed by atoms with Crippen molar-refractivity contribution in [3.63, 3.8) is 0 Å². The molecule has 0 aromatic heterocycles. The number of fused-ring (bicyclic) bond motifs is 1. The van der Waals surface area contributed by atoms with Gasteiger partial charge in [0.05, 0.1) is 18.4 Å². The minimum Gasteiger partial charge on any atom is -0.367 e. The van der Waals surface area contributed by atoms with Crippen molar-refractivity contribution < 1.29 is 32.3 Å². The van der Waals surface area contributed by atoms with Crippen LogP contribution in [-0.4, -0.2) is 41.9 Å². The number of halogens is 3. The van der Waals surface area contributed by atoms with Crippen LogP contribution in [0, 0.1) is 11.8 Å². The summed E-state index contributed by atoms with van der Waals surface area (Å²) >= 11 is 0. The first-order chi connectivity index (χ1) is 13.7. The molecule has 0 bridgehead atoms. The van der Waals surface area contributed by atoms with Crippen molar-refractivity contribution in [3.8, 4) is 0 Å². The third-order valence-corrected chi connectivity index (χ3v) is 5.28. The molecule has 0 radical (unpaired) electrons. The van der Waals surface area contributed by atoms with Crippen molar-refractivity contribution in [1.82, 2.24) is 10.2 Å². The maximum absolute atomic E-state index is 12.4. The molecule has 1 aromatic rings. The third kappa shape index (κ3) is 5.56. The first-order valence-electron chi connectivity index (χ1n) is 9.59. The first kappa shape index (κ1) is 21.3. The van der Waals surface area contributed by atoms with E-state index in [9.17, 15) is 27.6 Å². The summed E-state index contributed by atoms with van der Waals surface area (Å²) in [5.74, 6) is -1.49. The molecule has 0 unspecified atom stereocenters. The molecule has 158 valence electrons. The highest BCUT2D eigenvalue weighted by Crippen LogP contribution is 2.37. The van der Waals surface area contributed by atoms with Crippen molar-refractivity contribution in [3.05, 3.63) is 35.4 Å². The van der Waals surface area contributed by atoms with Crippen LogP contribution in [0.4, 0.5) is 13.2 Å². The summed E-state index contributed by atoms with van der Waals surface area (Å²) in [6, 6.07) is 6.59. The highest BCUT2D eigenvalue weighted by Gasteiger charge is 2.48. The number of benzene rings is 1. The van der Waals surface area contributed by atoms with Gasteiger partial charge in [0, 0.05) is 6.54 Å². The molecule has 6 nitrogen and oxygen atoms in total. The molecule has 9 heteroatoms. The second-order valence-corrected chi connectivity index (χ2v) is 7.46. The van der Waals surface area contributed by atoms with Crippen LogP contribution in [0.2, 0.25) is 0 Å². The molecule has 1 aromatic carbocycles. The summed E-state index contributed by atoms with van der Waals surface area (Å²) in [5.41, 5.74) is 1.32. The van der Waals surface area contributed by atoms with Gasteiger partial charge in [-0.25, -0.2) is 0 Å². The average Bonchev–Trinajstić information content (AvgIpc) is 2.92. The van der Waals surface area contributed by atoms with Gasteiger partial charge < -0.3 is 10.1 Å². The number of ether oxygens (including phenoxy) is 1. The molecule has 2 aliphatic rings. The van der Waals surface area contributed by atoms with Crippen molar-refractivity contribution in [2.24, 2.45) is 11.8 Å². The summed E-state index contributed by atoms with van der Waals surface area (Å²) in [6.07, 6.45) is -1.10. The predicted octanol–water partition coefficient (Wildman–Crippen LogP) is 2.56. The molecule has 1 N–H and O–H groups in total. The van der Waals surface area contributed by atoms with Gasteiger partial charge in [-0.3, -0.25) is 19.3 Å². The van der Waals surface area contributed by atoms with Gasteiger partial charge in [0.1, 0.15) is 13.2 Å². The number of nitrogens with one attached hydrogen (secondary N) is 1. The Morgan fingerprint density at radius 3 is 2.14 bits per heavy atom. The molecule has 2 fully saturated rings. The standard InChI is InChI=1S/C20H23F3N2O4/c21-20(22,23)12-29-11-14-7-5-13(6-8-14)9-24-17(26)10-25-18(27)15-3-1-2-4-16(15)19(25)28/h5-8,15-16H,1-4,9-12H2,(H,24,26)/t15-,16-/m1/s1. The van der Waals surface area contributed by atoms with Crippen LogP contribution < -0.4 is 5.32 Å². The van der Waals surface area contributed by atoms with E-state index in [4.69, 9.17) is 0 Å². The zero-order valence-corrected chi connectivity index (χ0v) is 15.8. The van der Waals surface area contributed by atoms with Crippen LogP contribution in [-0.2, 0) is 32.3 Å². The maximum atomic E-state index is 12.4. The number of amides is 3. The third-order valence-electron chi connectivity index (χ3n) is 5.28. The lowest BCUT2D eigenvalue weighted by Crippen LogP contribution is -2.40. The van der Waals surface area contributed by atoms with E-state index in [2.05, 4.69) is 10.1 Å². The molecular formula is C20H23F3N2O4. The summed E-state index contributed by atoms with van der Waals surface area (Å²) in [4.78, 5) is 38.0. The normalized spacial score (nSPS) is 22.0. The number of likely N-dealkylation sites (tertiary alicyclic amines) is 1. The minimum absolute atomic E-state index is 0.159. The van der Waals surface area contributed by atoms with E-state index in [1.807, 2.05) is 0 Å². The van der Waals surface area contributed by atoms with Crippen LogP contribution in [0.25, 0.3) is 0 Å². The smallest absolute Gasteiger partial charge is 0.367 e. The number of alkyl halides is 3. The summed E-state index contributed by atoms with van der Waals surface area (Å²) < 4.78 is 40.8. The van der Waals surface area contributed by atoms with Crippen LogP contribution in [0.15, 0.2) is 24.3 Å². The molecule has 3 amide bonds. The van der Waals surface area contributed by atoms with Crippen LogP contribution in [0.5, 0.6) is 0 Å². The maximum Gasteiger partial charge on any atom is 0.411 e. The van der Waals surface area contributed by atoms with E-state index in [0.717, 1.165) is 23.3 Å². The zero-order valence-electron chi connectivity index (χ0n) is 15.8. The molecule has 29 heavy (non-hydrogen) atoms. The number of carbonyl (C=O) groups excluding carboxylic acids is 3. The highest BCUT2D eigenvalue weighted by molar-refractivity contribution is 6.07. The predicted molar refractivity (Wildman–Crippen MR) is 96.2 cm³/mol. The second-order valence-electron chi connectivity index (χ2n) is 7.46. The fourth-order valence-electron chi connectivity index (χ4n) is 3.82. The fraction of sp³-hybridized carbons (Fsp3) is 0.550. The largest absolute Gasteiger partial charge is 0.411 e. The lowest BCUT2D eigenvalue weighted by atomic mass is 9.81. The van der Waals surface area contributed by atoms with Crippen molar-refractivity contribution in [2.45, 2.75) is 45.0 Å². The number of imide groups is 1. The highest BCUT2D eigenvalue weighted by atomic mass is 19.4. The number of nitrogens with zero attached hydrogens (tertiary/aromatic N) is 1. The van der Waals surface area contributed by atoms with Gasteiger partial charge in [0.2, 0.25) is 17.7 Å². The molecule has 1 saturated carbocycles. The fourth-order valence-corrected chi connectivity index (χ4v) is 3.82. The second kappa shape index (κ2) is 8.94. The molecular weight excluding hydrogens is 389 g/mol. The Hall–Kier alpha value is -2.42. The number of hydrogen-bond acceptors (Lipinski definition) is 4. The lowest BCUT2D eigenvalue weighted by molar-refractivity contribution is -0.176. The van der Waals surface area contributed by atoms with Crippen molar-refractivity contribution in [2.75, 3.05) is 13.2 Å². The molecule has 1 aliphatic carbocycles. The van der Waals surface area contributed by atoms with Crippen LogP contribution in [0.1, 0.15) is 36.8 Å². The van der Waals surface area contributed by atoms with Gasteiger partial charge in [-0.1, -0.05) is 37.1 Å². The molecule has 2 atom stereocenters. The van der Waals surface area contributed by atoms with E-state index in [1.165, 1.54) is 0 Å². The topological polar surface area (TPSA) is 75.7 Å². The van der Waals surface area contributed by atoms with Gasteiger partial charge in [-0.2, -0.15) is 13.2 Å². The minimum atomic E-state index is -4.36. The van der Waals surface area contributed by atoms with Gasteiger partial charge >= 0.3 is 6.18 Å². The number of hydrogen-bond donors (Lipinski definition) is 1. The Morgan fingerprint density at radius 2 is 1.59 bits per heavy atom. The molecule has 3 rings (SSSR count). The summed E-state index contributed by atoms with van der Waals surface area (Å²) in [5, 5.41) is 2.67. The molecule has 1 aliphatic heterocycles. The Balaban J connectivity index is 1.44. The Bertz CT molecular complexity index is 740. The van der Waals surface area contributed by atoms with Crippen LogP contribution >= 0.6 is 0 Å². The van der Waals surface area contributed by atoms with Gasteiger partial charge in [0.15, 0.2) is 0 Å². The zero-order chi connectivity index (χ0) is 21.0. The van der Waals surface area contributed by atoms with E-state index in [1.54, 1.807) is 24.3 Å². The SMILES string of the molecule is O=C(CN1C(=O)[C@@H]2CCCC[C@H]2C1=O)NCc1ccc(COCC(F)(F)F)cc1. The monoisotopic (exact) mass is 412 g/mol. The van der Waals surface area contributed by atoms with Gasteiger partial charge in [0.25, 0.3) is 0 Å². The van der Waals surface area contributed by atoms with Crippen LogP contribution in [0.3, 0.4) is 0 Å². The Kier molecular flexibility index (Phi) is 6.56. The Morgan fingerprint density at radius 1 is 1.03 bits per heavy atom. The van der Waals surface area contributed by atoms with E-state index >= 15 is 0 Å². The van der Waals surface area contributed by atoms with Crippen molar-refractivity contribution >= 4 is 17.7 Å².